The van der Waals surface area contributed by atoms with E-state index in [-0.39, 0.29) is 24.4 Å². The predicted molar refractivity (Wildman–Crippen MR) is 62.8 cm³/mol. The number of hydrogen-bond acceptors (Lipinski definition) is 3. The number of carbonyl (C=O) groups is 1. The van der Waals surface area contributed by atoms with Crippen molar-refractivity contribution in [1.29, 1.82) is 0 Å². The topological polar surface area (TPSA) is 64.3 Å². The fourth-order valence-corrected chi connectivity index (χ4v) is 1.41. The summed E-state index contributed by atoms with van der Waals surface area (Å²) in [6.45, 7) is 1.98. The van der Waals surface area contributed by atoms with Crippen LogP contribution in [-0.2, 0) is 9.53 Å². The molecule has 1 aromatic carbocycles. The molecular formula is C12H17FN2O2. The minimum Gasteiger partial charge on any atom is -0.383 e. The Labute approximate surface area is 100.0 Å². The first kappa shape index (κ1) is 13.6. The van der Waals surface area contributed by atoms with Crippen molar-refractivity contribution >= 4 is 5.91 Å². The molecular weight excluding hydrogens is 223 g/mol. The lowest BCUT2D eigenvalue weighted by molar-refractivity contribution is -0.124. The highest BCUT2D eigenvalue weighted by molar-refractivity contribution is 5.82. The molecule has 0 fully saturated rings. The molecule has 0 spiro atoms. The Hall–Kier alpha value is -1.46. The van der Waals surface area contributed by atoms with E-state index in [2.05, 4.69) is 5.32 Å². The largest absolute Gasteiger partial charge is 0.383 e. The molecule has 1 amide bonds. The summed E-state index contributed by atoms with van der Waals surface area (Å²) in [5, 5.41) is 2.73. The normalized spacial score (nSPS) is 14.1. The van der Waals surface area contributed by atoms with Crippen molar-refractivity contribution < 1.29 is 13.9 Å². The molecule has 94 valence electrons. The van der Waals surface area contributed by atoms with Crippen LogP contribution in [0, 0.1) is 5.82 Å². The van der Waals surface area contributed by atoms with E-state index in [0.29, 0.717) is 0 Å². The van der Waals surface area contributed by atoms with Gasteiger partial charge >= 0.3 is 0 Å². The van der Waals surface area contributed by atoms with Gasteiger partial charge in [0.25, 0.3) is 0 Å². The van der Waals surface area contributed by atoms with Crippen molar-refractivity contribution in [3.05, 3.63) is 35.6 Å². The van der Waals surface area contributed by atoms with Gasteiger partial charge in [-0.1, -0.05) is 12.1 Å². The Morgan fingerprint density at radius 1 is 1.47 bits per heavy atom. The van der Waals surface area contributed by atoms with E-state index in [1.54, 1.807) is 12.1 Å². The number of nitrogens with two attached hydrogens (primary N) is 1. The third-order valence-electron chi connectivity index (χ3n) is 2.41. The van der Waals surface area contributed by atoms with Gasteiger partial charge < -0.3 is 15.8 Å². The maximum atomic E-state index is 12.7. The van der Waals surface area contributed by atoms with Crippen LogP contribution >= 0.6 is 0 Å². The molecule has 0 aliphatic heterocycles. The molecule has 1 aromatic rings. The summed E-state index contributed by atoms with van der Waals surface area (Å²) in [5.41, 5.74) is 6.40. The average molecular weight is 240 g/mol. The molecule has 0 heterocycles. The van der Waals surface area contributed by atoms with Crippen molar-refractivity contribution in [2.24, 2.45) is 5.73 Å². The van der Waals surface area contributed by atoms with Gasteiger partial charge in [-0.2, -0.15) is 0 Å². The lowest BCUT2D eigenvalue weighted by Gasteiger charge is -2.17. The van der Waals surface area contributed by atoms with Crippen molar-refractivity contribution in [1.82, 2.24) is 5.32 Å². The minimum absolute atomic E-state index is 0.169. The van der Waals surface area contributed by atoms with Gasteiger partial charge in [0, 0.05) is 7.11 Å². The van der Waals surface area contributed by atoms with Crippen LogP contribution in [0.2, 0.25) is 0 Å². The molecule has 0 aliphatic carbocycles. The zero-order valence-electron chi connectivity index (χ0n) is 9.94. The van der Waals surface area contributed by atoms with Crippen molar-refractivity contribution in [2.45, 2.75) is 19.0 Å². The second-order valence-corrected chi connectivity index (χ2v) is 3.84. The van der Waals surface area contributed by atoms with E-state index in [4.69, 9.17) is 10.5 Å². The first-order chi connectivity index (χ1) is 8.04. The highest BCUT2D eigenvalue weighted by Crippen LogP contribution is 2.12. The Morgan fingerprint density at radius 3 is 2.59 bits per heavy atom. The molecule has 4 nitrogen and oxygen atoms in total. The SMILES string of the molecule is COCC(N)C(=O)N[C@@H](C)c1ccc(F)cc1. The summed E-state index contributed by atoms with van der Waals surface area (Å²) >= 11 is 0. The molecule has 0 saturated heterocycles. The quantitative estimate of drug-likeness (QED) is 0.806. The summed E-state index contributed by atoms with van der Waals surface area (Å²) in [7, 11) is 1.48. The van der Waals surface area contributed by atoms with Crippen molar-refractivity contribution in [2.75, 3.05) is 13.7 Å². The molecule has 0 radical (unpaired) electrons. The van der Waals surface area contributed by atoms with E-state index in [9.17, 15) is 9.18 Å². The number of ether oxygens (including phenoxy) is 1. The molecule has 3 N–H and O–H groups in total. The zero-order valence-corrected chi connectivity index (χ0v) is 9.94. The van der Waals surface area contributed by atoms with Crippen molar-refractivity contribution in [3.8, 4) is 0 Å². The Morgan fingerprint density at radius 2 is 2.06 bits per heavy atom. The molecule has 1 unspecified atom stereocenters. The Bertz CT molecular complexity index is 367. The monoisotopic (exact) mass is 240 g/mol. The molecule has 5 heteroatoms. The summed E-state index contributed by atoms with van der Waals surface area (Å²) in [4.78, 5) is 11.6. The van der Waals surface area contributed by atoms with Crippen LogP contribution in [0.25, 0.3) is 0 Å². The summed E-state index contributed by atoms with van der Waals surface area (Å²) < 4.78 is 17.5. The van der Waals surface area contributed by atoms with Crippen LogP contribution in [0.15, 0.2) is 24.3 Å². The molecule has 0 aromatic heterocycles. The number of benzene rings is 1. The lowest BCUT2D eigenvalue weighted by Crippen LogP contribution is -2.44. The standard InChI is InChI=1S/C12H17FN2O2/c1-8(9-3-5-10(13)6-4-9)15-12(16)11(14)7-17-2/h3-6,8,11H,7,14H2,1-2H3,(H,15,16)/t8-,11?/m0/s1. The third kappa shape index (κ3) is 4.13. The number of nitrogens with one attached hydrogen (secondary N) is 1. The summed E-state index contributed by atoms with van der Waals surface area (Å²) in [5.74, 6) is -0.591. The molecule has 2 atom stereocenters. The van der Waals surface area contributed by atoms with E-state index in [1.807, 2.05) is 6.92 Å². The van der Waals surface area contributed by atoms with Crippen LogP contribution < -0.4 is 11.1 Å². The molecule has 0 bridgehead atoms. The van der Waals surface area contributed by atoms with Gasteiger partial charge in [0.2, 0.25) is 5.91 Å². The fraction of sp³-hybridized carbons (Fsp3) is 0.417. The number of methoxy groups -OCH3 is 1. The van der Waals surface area contributed by atoms with Crippen molar-refractivity contribution in [3.63, 3.8) is 0 Å². The maximum absolute atomic E-state index is 12.7. The number of hydrogen-bond donors (Lipinski definition) is 2. The van der Waals surface area contributed by atoms with Gasteiger partial charge in [-0.3, -0.25) is 4.79 Å². The van der Waals surface area contributed by atoms with E-state index in [0.717, 1.165) is 5.56 Å². The zero-order chi connectivity index (χ0) is 12.8. The first-order valence-corrected chi connectivity index (χ1v) is 5.35. The van der Waals surface area contributed by atoms with Crippen LogP contribution in [0.5, 0.6) is 0 Å². The van der Waals surface area contributed by atoms with Gasteiger partial charge in [-0.15, -0.1) is 0 Å². The summed E-state index contributed by atoms with van der Waals surface area (Å²) in [6.07, 6.45) is 0. The van der Waals surface area contributed by atoms with Gasteiger partial charge in [-0.25, -0.2) is 4.39 Å². The second kappa shape index (κ2) is 6.32. The van der Waals surface area contributed by atoms with Crippen LogP contribution in [-0.4, -0.2) is 25.7 Å². The lowest BCUT2D eigenvalue weighted by atomic mass is 10.1. The van der Waals surface area contributed by atoms with Crippen LogP contribution in [0.3, 0.4) is 0 Å². The minimum atomic E-state index is -0.692. The second-order valence-electron chi connectivity index (χ2n) is 3.84. The summed E-state index contributed by atoms with van der Waals surface area (Å²) in [6, 6.07) is 5.05. The third-order valence-corrected chi connectivity index (χ3v) is 2.41. The molecule has 1 rings (SSSR count). The molecule has 0 saturated carbocycles. The maximum Gasteiger partial charge on any atom is 0.239 e. The highest BCUT2D eigenvalue weighted by atomic mass is 19.1. The van der Waals surface area contributed by atoms with Gasteiger partial charge in [0.05, 0.1) is 12.6 Å². The van der Waals surface area contributed by atoms with Gasteiger partial charge in [-0.05, 0) is 24.6 Å². The van der Waals surface area contributed by atoms with Gasteiger partial charge in [0.1, 0.15) is 11.9 Å². The Balaban J connectivity index is 2.57. The fourth-order valence-electron chi connectivity index (χ4n) is 1.41. The first-order valence-electron chi connectivity index (χ1n) is 5.35. The number of carbonyl (C=O) groups excluding carboxylic acids is 1. The average Bonchev–Trinajstić information content (AvgIpc) is 2.30. The van der Waals surface area contributed by atoms with Crippen LogP contribution in [0.1, 0.15) is 18.5 Å². The number of rotatable bonds is 5. The Kier molecular flexibility index (Phi) is 5.06. The van der Waals surface area contributed by atoms with Gasteiger partial charge in [0.15, 0.2) is 0 Å². The van der Waals surface area contributed by atoms with E-state index >= 15 is 0 Å². The van der Waals surface area contributed by atoms with Crippen LogP contribution in [0.4, 0.5) is 4.39 Å². The van der Waals surface area contributed by atoms with E-state index in [1.165, 1.54) is 19.2 Å². The molecule has 0 aliphatic rings. The number of amides is 1. The smallest absolute Gasteiger partial charge is 0.239 e. The number of halogens is 1. The molecule has 17 heavy (non-hydrogen) atoms. The highest BCUT2D eigenvalue weighted by Gasteiger charge is 2.16. The van der Waals surface area contributed by atoms with E-state index < -0.39 is 6.04 Å². The predicted octanol–water partition coefficient (Wildman–Crippen LogP) is 0.977.